The van der Waals surface area contributed by atoms with Gasteiger partial charge in [0.2, 0.25) is 0 Å². The van der Waals surface area contributed by atoms with Gasteiger partial charge in [0.25, 0.3) is 5.91 Å². The molecule has 112 valence electrons. The van der Waals surface area contributed by atoms with Gasteiger partial charge in [0.15, 0.2) is 0 Å². The maximum atomic E-state index is 11.2. The topological polar surface area (TPSA) is 75.0 Å². The van der Waals surface area contributed by atoms with Crippen molar-refractivity contribution in [2.75, 3.05) is 12.3 Å². The Morgan fingerprint density at radius 2 is 2.38 bits per heavy atom. The third-order valence-electron chi connectivity index (χ3n) is 3.47. The van der Waals surface area contributed by atoms with E-state index in [9.17, 15) is 4.79 Å². The summed E-state index contributed by atoms with van der Waals surface area (Å²) >= 11 is 1.52. The van der Waals surface area contributed by atoms with E-state index in [0.29, 0.717) is 4.91 Å². The molecular formula is C14H17ClN4OS. The van der Waals surface area contributed by atoms with Crippen LogP contribution in [0.4, 0.5) is 0 Å². The van der Waals surface area contributed by atoms with Crippen LogP contribution in [-0.2, 0) is 11.3 Å². The first kappa shape index (κ1) is 15.7. The van der Waals surface area contributed by atoms with E-state index in [1.807, 2.05) is 12.3 Å². The lowest BCUT2D eigenvalue weighted by Gasteiger charge is -2.25. The number of hydrogen-bond acceptors (Lipinski definition) is 4. The minimum Gasteiger partial charge on any atom is -0.370 e. The lowest BCUT2D eigenvalue weighted by molar-refractivity contribution is -0.114. The van der Waals surface area contributed by atoms with E-state index in [1.54, 1.807) is 6.20 Å². The van der Waals surface area contributed by atoms with E-state index >= 15 is 0 Å². The average Bonchev–Trinajstić information content (AvgIpc) is 2.76. The van der Waals surface area contributed by atoms with Gasteiger partial charge in [0, 0.05) is 35.8 Å². The van der Waals surface area contributed by atoms with Crippen molar-refractivity contribution >= 4 is 41.1 Å². The number of amides is 1. The number of thioether (sulfide) groups is 1. The van der Waals surface area contributed by atoms with Crippen LogP contribution in [0.3, 0.4) is 0 Å². The lowest BCUT2D eigenvalue weighted by atomic mass is 10.2. The number of carbonyl (C=O) groups is 1. The van der Waals surface area contributed by atoms with E-state index in [-0.39, 0.29) is 18.3 Å². The van der Waals surface area contributed by atoms with Gasteiger partial charge in [-0.25, -0.2) is 4.98 Å². The molecule has 1 aliphatic rings. The number of nitrogens with zero attached hydrogens (tertiary/aromatic N) is 2. The highest BCUT2D eigenvalue weighted by Crippen LogP contribution is 2.25. The highest BCUT2D eigenvalue weighted by Gasteiger charge is 2.17. The van der Waals surface area contributed by atoms with Crippen molar-refractivity contribution in [2.45, 2.75) is 13.5 Å². The first-order valence-corrected chi connectivity index (χ1v) is 7.44. The van der Waals surface area contributed by atoms with Crippen molar-refractivity contribution in [3.05, 3.63) is 40.7 Å². The number of hydrogen-bond donors (Lipinski definition) is 2. The molecule has 0 radical (unpaired) electrons. The number of nitrogens with two attached hydrogens (primary N) is 1. The van der Waals surface area contributed by atoms with Crippen molar-refractivity contribution in [1.29, 1.82) is 0 Å². The molecular weight excluding hydrogens is 308 g/mol. The number of pyridine rings is 1. The Balaban J connectivity index is 0.00000161. The molecule has 0 atom stereocenters. The number of H-pyrrole nitrogens is 1. The smallest absolute Gasteiger partial charge is 0.256 e. The summed E-state index contributed by atoms with van der Waals surface area (Å²) in [4.78, 5) is 21.7. The van der Waals surface area contributed by atoms with Crippen LogP contribution in [0, 0.1) is 6.92 Å². The number of aryl methyl sites for hydroxylation is 1. The number of aromatic nitrogens is 2. The van der Waals surface area contributed by atoms with Crippen molar-refractivity contribution in [1.82, 2.24) is 14.9 Å². The fourth-order valence-corrected chi connectivity index (χ4v) is 3.28. The van der Waals surface area contributed by atoms with Crippen LogP contribution in [0.25, 0.3) is 11.0 Å². The molecule has 1 aliphatic heterocycles. The molecule has 0 unspecified atom stereocenters. The fraction of sp³-hybridized carbons (Fsp3) is 0.286. The zero-order chi connectivity index (χ0) is 14.1. The van der Waals surface area contributed by atoms with Crippen LogP contribution in [0.1, 0.15) is 11.3 Å². The number of aromatic amines is 1. The van der Waals surface area contributed by atoms with Gasteiger partial charge in [0.05, 0.1) is 11.4 Å². The fourth-order valence-electron chi connectivity index (χ4n) is 2.37. The average molecular weight is 325 g/mol. The first-order chi connectivity index (χ1) is 9.65. The molecule has 1 amide bonds. The second-order valence-corrected chi connectivity index (χ2v) is 5.94. The number of fused-ring (bicyclic) bond motifs is 1. The Kier molecular flexibility index (Phi) is 4.80. The summed E-state index contributed by atoms with van der Waals surface area (Å²) in [6.07, 6.45) is 3.64. The summed E-state index contributed by atoms with van der Waals surface area (Å²) in [7, 11) is 0. The molecule has 0 fully saturated rings. The maximum Gasteiger partial charge on any atom is 0.256 e. The molecule has 0 aromatic carbocycles. The predicted octanol–water partition coefficient (Wildman–Crippen LogP) is 2.17. The maximum absolute atomic E-state index is 11.2. The quantitative estimate of drug-likeness (QED) is 0.907. The molecule has 3 rings (SSSR count). The SMILES string of the molecule is Cc1c(CN2C=C(C(N)=O)SCC2)[nH]c2ncccc12.Cl. The van der Waals surface area contributed by atoms with Gasteiger partial charge < -0.3 is 15.6 Å². The van der Waals surface area contributed by atoms with Gasteiger partial charge in [-0.3, -0.25) is 4.79 Å². The predicted molar refractivity (Wildman–Crippen MR) is 88.2 cm³/mol. The lowest BCUT2D eigenvalue weighted by Crippen LogP contribution is -2.27. The molecule has 5 nitrogen and oxygen atoms in total. The highest BCUT2D eigenvalue weighted by molar-refractivity contribution is 8.04. The van der Waals surface area contributed by atoms with Crippen molar-refractivity contribution in [2.24, 2.45) is 5.73 Å². The Morgan fingerprint density at radius 3 is 3.10 bits per heavy atom. The molecule has 0 aliphatic carbocycles. The van der Waals surface area contributed by atoms with Crippen LogP contribution < -0.4 is 5.73 Å². The molecule has 7 heteroatoms. The molecule has 21 heavy (non-hydrogen) atoms. The molecule has 2 aromatic heterocycles. The second kappa shape index (κ2) is 6.41. The summed E-state index contributed by atoms with van der Waals surface area (Å²) in [5, 5.41) is 1.15. The Morgan fingerprint density at radius 1 is 1.57 bits per heavy atom. The van der Waals surface area contributed by atoms with Gasteiger partial charge in [-0.15, -0.1) is 24.2 Å². The Bertz CT molecular complexity index is 697. The van der Waals surface area contributed by atoms with Gasteiger partial charge in [-0.2, -0.15) is 0 Å². The van der Waals surface area contributed by atoms with Crippen molar-refractivity contribution < 1.29 is 4.79 Å². The molecule has 0 saturated carbocycles. The summed E-state index contributed by atoms with van der Waals surface area (Å²) in [5.74, 6) is 0.529. The van der Waals surface area contributed by atoms with Crippen LogP contribution in [-0.4, -0.2) is 33.1 Å². The largest absolute Gasteiger partial charge is 0.370 e. The molecule has 3 heterocycles. The minimum absolute atomic E-state index is 0. The molecule has 0 spiro atoms. The van der Waals surface area contributed by atoms with E-state index in [4.69, 9.17) is 5.73 Å². The normalized spacial score (nSPS) is 14.7. The molecule has 0 saturated heterocycles. The van der Waals surface area contributed by atoms with Gasteiger partial charge in [-0.05, 0) is 24.6 Å². The molecule has 0 bridgehead atoms. The summed E-state index contributed by atoms with van der Waals surface area (Å²) < 4.78 is 0. The van der Waals surface area contributed by atoms with E-state index in [0.717, 1.165) is 35.6 Å². The minimum atomic E-state index is -0.352. The highest BCUT2D eigenvalue weighted by atomic mass is 35.5. The Labute approximate surface area is 133 Å². The van der Waals surface area contributed by atoms with Crippen LogP contribution >= 0.6 is 24.2 Å². The Hall–Kier alpha value is -1.66. The van der Waals surface area contributed by atoms with E-state index in [2.05, 4.69) is 27.9 Å². The molecule has 3 N–H and O–H groups in total. The number of carbonyl (C=O) groups excluding carboxylic acids is 1. The first-order valence-electron chi connectivity index (χ1n) is 6.46. The second-order valence-electron chi connectivity index (χ2n) is 4.80. The number of rotatable bonds is 3. The number of nitrogens with one attached hydrogen (secondary N) is 1. The van der Waals surface area contributed by atoms with Crippen LogP contribution in [0.15, 0.2) is 29.4 Å². The van der Waals surface area contributed by atoms with Crippen molar-refractivity contribution in [3.8, 4) is 0 Å². The zero-order valence-corrected chi connectivity index (χ0v) is 13.3. The third-order valence-corrected chi connectivity index (χ3v) is 4.48. The molecule has 2 aromatic rings. The van der Waals surface area contributed by atoms with Crippen LogP contribution in [0.2, 0.25) is 0 Å². The standard InChI is InChI=1S/C14H16N4OS.ClH/c1-9-10-3-2-4-16-14(10)17-11(9)7-18-5-6-20-12(8-18)13(15)19;/h2-4,8H,5-7H2,1H3,(H2,15,19)(H,16,17);1H. The summed E-state index contributed by atoms with van der Waals surface area (Å²) in [6, 6.07) is 4.00. The van der Waals surface area contributed by atoms with Gasteiger partial charge in [-0.1, -0.05) is 0 Å². The summed E-state index contributed by atoms with van der Waals surface area (Å²) in [5.41, 5.74) is 8.59. The third kappa shape index (κ3) is 3.16. The van der Waals surface area contributed by atoms with Crippen molar-refractivity contribution in [3.63, 3.8) is 0 Å². The van der Waals surface area contributed by atoms with E-state index in [1.165, 1.54) is 17.3 Å². The van der Waals surface area contributed by atoms with Gasteiger partial charge >= 0.3 is 0 Å². The van der Waals surface area contributed by atoms with Crippen LogP contribution in [0.5, 0.6) is 0 Å². The van der Waals surface area contributed by atoms with E-state index < -0.39 is 0 Å². The number of primary amides is 1. The monoisotopic (exact) mass is 324 g/mol. The summed E-state index contributed by atoms with van der Waals surface area (Å²) in [6.45, 7) is 3.73. The van der Waals surface area contributed by atoms with Gasteiger partial charge in [0.1, 0.15) is 5.65 Å². The number of halogens is 1. The zero-order valence-electron chi connectivity index (χ0n) is 11.6.